The second kappa shape index (κ2) is 6.76. The van der Waals surface area contributed by atoms with Crippen LogP contribution in [0.2, 0.25) is 5.02 Å². The zero-order valence-corrected chi connectivity index (χ0v) is 13.6. The minimum absolute atomic E-state index is 0.0466. The molecule has 1 amide bonds. The first kappa shape index (κ1) is 16.1. The summed E-state index contributed by atoms with van der Waals surface area (Å²) in [6.07, 6.45) is 0. The van der Waals surface area contributed by atoms with E-state index in [-0.39, 0.29) is 12.1 Å². The number of para-hydroxylation sites is 1. The Labute approximate surface area is 142 Å². The number of amides is 1. The van der Waals surface area contributed by atoms with Crippen molar-refractivity contribution in [2.24, 2.45) is 0 Å². The van der Waals surface area contributed by atoms with E-state index in [0.717, 1.165) is 0 Å². The van der Waals surface area contributed by atoms with Crippen LogP contribution < -0.4 is 15.7 Å². The van der Waals surface area contributed by atoms with Gasteiger partial charge < -0.3 is 14.5 Å². The summed E-state index contributed by atoms with van der Waals surface area (Å²) in [7, 11) is 1.53. The molecule has 0 radical (unpaired) electrons. The lowest BCUT2D eigenvalue weighted by atomic mass is 10.1. The van der Waals surface area contributed by atoms with Crippen molar-refractivity contribution in [1.29, 1.82) is 0 Å². The number of halogens is 1. The van der Waals surface area contributed by atoms with Crippen molar-refractivity contribution in [2.45, 2.75) is 6.54 Å². The van der Waals surface area contributed by atoms with Crippen LogP contribution in [0.4, 0.5) is 0 Å². The Morgan fingerprint density at radius 3 is 2.79 bits per heavy atom. The number of nitrogens with one attached hydrogen (secondary N) is 1. The molecule has 0 bridgehead atoms. The molecule has 122 valence electrons. The lowest BCUT2D eigenvalue weighted by Gasteiger charge is -2.10. The Morgan fingerprint density at radius 2 is 2.00 bits per heavy atom. The number of carbonyl (C=O) groups excluding carboxylic acids is 1. The van der Waals surface area contributed by atoms with Crippen molar-refractivity contribution in [1.82, 2.24) is 5.32 Å². The van der Waals surface area contributed by atoms with Gasteiger partial charge in [-0.3, -0.25) is 4.79 Å². The van der Waals surface area contributed by atoms with Gasteiger partial charge in [0.2, 0.25) is 0 Å². The van der Waals surface area contributed by atoms with Crippen molar-refractivity contribution in [3.63, 3.8) is 0 Å². The average molecular weight is 344 g/mol. The minimum atomic E-state index is -0.677. The SMILES string of the molecule is COc1ccc(Cl)cc1CNC(=O)c1cc2ccccc2oc1=O. The smallest absolute Gasteiger partial charge is 0.349 e. The Balaban J connectivity index is 1.84. The Morgan fingerprint density at radius 1 is 1.21 bits per heavy atom. The molecule has 3 aromatic rings. The van der Waals surface area contributed by atoms with Gasteiger partial charge in [-0.05, 0) is 30.3 Å². The summed E-state index contributed by atoms with van der Waals surface area (Å²) in [4.78, 5) is 24.3. The highest BCUT2D eigenvalue weighted by Crippen LogP contribution is 2.22. The van der Waals surface area contributed by atoms with Crippen LogP contribution in [0.3, 0.4) is 0 Å². The molecule has 0 spiro atoms. The molecule has 0 aliphatic rings. The van der Waals surface area contributed by atoms with Crippen molar-refractivity contribution in [3.05, 3.63) is 75.1 Å². The molecule has 0 saturated heterocycles. The summed E-state index contributed by atoms with van der Waals surface area (Å²) in [5.74, 6) is 0.0850. The molecular formula is C18H14ClNO4. The quantitative estimate of drug-likeness (QED) is 0.737. The molecule has 0 unspecified atom stereocenters. The Kier molecular flexibility index (Phi) is 4.53. The maximum atomic E-state index is 12.3. The summed E-state index contributed by atoms with van der Waals surface area (Å²) < 4.78 is 10.4. The van der Waals surface area contributed by atoms with Gasteiger partial charge in [-0.1, -0.05) is 29.8 Å². The number of rotatable bonds is 4. The highest BCUT2D eigenvalue weighted by atomic mass is 35.5. The third-order valence-electron chi connectivity index (χ3n) is 3.57. The first-order valence-corrected chi connectivity index (χ1v) is 7.60. The predicted molar refractivity (Wildman–Crippen MR) is 91.7 cm³/mol. The maximum absolute atomic E-state index is 12.3. The summed E-state index contributed by atoms with van der Waals surface area (Å²) in [6.45, 7) is 0.175. The molecule has 5 nitrogen and oxygen atoms in total. The molecular weight excluding hydrogens is 330 g/mol. The minimum Gasteiger partial charge on any atom is -0.496 e. The number of benzene rings is 2. The summed E-state index contributed by atoms with van der Waals surface area (Å²) in [5.41, 5.74) is 0.429. The normalized spacial score (nSPS) is 10.6. The molecule has 1 N–H and O–H groups in total. The van der Waals surface area contributed by atoms with Crippen LogP contribution in [0.25, 0.3) is 11.0 Å². The number of hydrogen-bond acceptors (Lipinski definition) is 4. The molecule has 24 heavy (non-hydrogen) atoms. The first-order chi connectivity index (χ1) is 11.6. The van der Waals surface area contributed by atoms with E-state index in [0.29, 0.717) is 27.3 Å². The van der Waals surface area contributed by atoms with Gasteiger partial charge in [0.15, 0.2) is 0 Å². The highest BCUT2D eigenvalue weighted by molar-refractivity contribution is 6.30. The lowest BCUT2D eigenvalue weighted by Crippen LogP contribution is -2.28. The van der Waals surface area contributed by atoms with Gasteiger partial charge in [0.25, 0.3) is 5.91 Å². The van der Waals surface area contributed by atoms with E-state index in [4.69, 9.17) is 20.8 Å². The largest absolute Gasteiger partial charge is 0.496 e. The fraction of sp³-hybridized carbons (Fsp3) is 0.111. The van der Waals surface area contributed by atoms with Gasteiger partial charge in [0.1, 0.15) is 16.9 Å². The molecule has 0 fully saturated rings. The van der Waals surface area contributed by atoms with Gasteiger partial charge >= 0.3 is 5.63 Å². The van der Waals surface area contributed by atoms with Crippen molar-refractivity contribution < 1.29 is 13.9 Å². The van der Waals surface area contributed by atoms with E-state index in [1.165, 1.54) is 13.2 Å². The topological polar surface area (TPSA) is 68.5 Å². The van der Waals surface area contributed by atoms with Gasteiger partial charge in [-0.2, -0.15) is 0 Å². The molecule has 1 heterocycles. The van der Waals surface area contributed by atoms with Gasteiger partial charge in [0.05, 0.1) is 7.11 Å². The maximum Gasteiger partial charge on any atom is 0.349 e. The standard InChI is InChI=1S/C18H14ClNO4/c1-23-15-7-6-13(19)8-12(15)10-20-17(21)14-9-11-4-2-3-5-16(11)24-18(14)22/h2-9H,10H2,1H3,(H,20,21). The lowest BCUT2D eigenvalue weighted by molar-refractivity contribution is 0.0947. The third-order valence-corrected chi connectivity index (χ3v) is 3.80. The van der Waals surface area contributed by atoms with Gasteiger partial charge in [-0.25, -0.2) is 4.79 Å². The van der Waals surface area contributed by atoms with E-state index < -0.39 is 11.5 Å². The molecule has 2 aromatic carbocycles. The number of hydrogen-bond donors (Lipinski definition) is 1. The van der Waals surface area contributed by atoms with Gasteiger partial charge in [-0.15, -0.1) is 0 Å². The predicted octanol–water partition coefficient (Wildman–Crippen LogP) is 3.39. The number of methoxy groups -OCH3 is 1. The van der Waals surface area contributed by atoms with E-state index >= 15 is 0 Å². The fourth-order valence-electron chi connectivity index (χ4n) is 2.38. The molecule has 0 atom stereocenters. The van der Waals surface area contributed by atoms with Crippen LogP contribution in [-0.4, -0.2) is 13.0 Å². The van der Waals surface area contributed by atoms with Gasteiger partial charge in [0, 0.05) is 22.5 Å². The average Bonchev–Trinajstić information content (AvgIpc) is 2.59. The molecule has 0 saturated carbocycles. The van der Waals surface area contributed by atoms with Crippen LogP contribution in [0.1, 0.15) is 15.9 Å². The Hall–Kier alpha value is -2.79. The summed E-state index contributed by atoms with van der Waals surface area (Å²) >= 11 is 5.96. The highest BCUT2D eigenvalue weighted by Gasteiger charge is 2.14. The zero-order chi connectivity index (χ0) is 17.1. The second-order valence-electron chi connectivity index (χ2n) is 5.12. The van der Waals surface area contributed by atoms with Crippen LogP contribution in [-0.2, 0) is 6.54 Å². The number of ether oxygens (including phenoxy) is 1. The zero-order valence-electron chi connectivity index (χ0n) is 12.8. The fourth-order valence-corrected chi connectivity index (χ4v) is 2.57. The summed E-state index contributed by atoms with van der Waals surface area (Å²) in [5, 5.41) is 3.90. The monoisotopic (exact) mass is 343 g/mol. The van der Waals surface area contributed by atoms with E-state index in [1.54, 1.807) is 42.5 Å². The van der Waals surface area contributed by atoms with E-state index in [2.05, 4.69) is 5.32 Å². The van der Waals surface area contributed by atoms with Crippen LogP contribution in [0, 0.1) is 0 Å². The number of carbonyl (C=O) groups is 1. The van der Waals surface area contributed by atoms with E-state index in [1.807, 2.05) is 0 Å². The van der Waals surface area contributed by atoms with Crippen molar-refractivity contribution in [3.8, 4) is 5.75 Å². The summed E-state index contributed by atoms with van der Waals surface area (Å²) in [6, 6.07) is 13.6. The number of fused-ring (bicyclic) bond motifs is 1. The second-order valence-corrected chi connectivity index (χ2v) is 5.56. The molecule has 0 aliphatic heterocycles. The van der Waals surface area contributed by atoms with E-state index in [9.17, 15) is 9.59 Å². The molecule has 0 aliphatic carbocycles. The Bertz CT molecular complexity index is 965. The molecule has 3 rings (SSSR count). The molecule has 6 heteroatoms. The first-order valence-electron chi connectivity index (χ1n) is 7.22. The van der Waals surface area contributed by atoms with Crippen LogP contribution in [0.5, 0.6) is 5.75 Å². The van der Waals surface area contributed by atoms with Crippen LogP contribution in [0.15, 0.2) is 57.7 Å². The van der Waals surface area contributed by atoms with Crippen molar-refractivity contribution >= 4 is 28.5 Å². The van der Waals surface area contributed by atoms with Crippen molar-refractivity contribution in [2.75, 3.05) is 7.11 Å². The molecule has 1 aromatic heterocycles. The third kappa shape index (κ3) is 3.26. The van der Waals surface area contributed by atoms with Crippen LogP contribution >= 0.6 is 11.6 Å².